The number of quaternary nitrogens is 1. The number of benzene rings is 1. The summed E-state index contributed by atoms with van der Waals surface area (Å²) in [5.41, 5.74) is 3.60. The molecule has 3 aromatic rings. The van der Waals surface area contributed by atoms with Gasteiger partial charge in [0.2, 0.25) is 0 Å². The minimum atomic E-state index is -0.0351. The fraction of sp³-hybridized carbons (Fsp3) is 0.381. The van der Waals surface area contributed by atoms with Gasteiger partial charge in [-0.2, -0.15) is 0 Å². The third-order valence-corrected chi connectivity index (χ3v) is 5.91. The van der Waals surface area contributed by atoms with Gasteiger partial charge in [0, 0.05) is 12.8 Å². The predicted octanol–water partition coefficient (Wildman–Crippen LogP) is 1.96. The summed E-state index contributed by atoms with van der Waals surface area (Å²) in [7, 11) is 1.66. The standard InChI is InChI=1S/C21H24N4O3S/c1-27-10-9-25(14-20-23-24-21(28-20)18-6-3-11-29-18)13-19(26)22-17-8-7-15-4-2-5-16(15)12-17/h3,6-8,11-12H,2,4-5,9-10,13-14H2,1H3,(H,22,26)/p+1. The Balaban J connectivity index is 1.38. The molecule has 1 aliphatic rings. The molecule has 1 aromatic carbocycles. The maximum atomic E-state index is 12.6. The zero-order valence-corrected chi connectivity index (χ0v) is 17.3. The Hall–Kier alpha value is -2.55. The third kappa shape index (κ3) is 5.09. The van der Waals surface area contributed by atoms with Crippen LogP contribution >= 0.6 is 11.3 Å². The van der Waals surface area contributed by atoms with E-state index >= 15 is 0 Å². The van der Waals surface area contributed by atoms with Crippen LogP contribution in [0.5, 0.6) is 0 Å². The summed E-state index contributed by atoms with van der Waals surface area (Å²) in [5, 5.41) is 13.3. The van der Waals surface area contributed by atoms with Crippen molar-refractivity contribution in [1.82, 2.24) is 10.2 Å². The van der Waals surface area contributed by atoms with Gasteiger partial charge in [0.15, 0.2) is 13.1 Å². The molecular formula is C21H25N4O3S+. The lowest BCUT2D eigenvalue weighted by atomic mass is 10.1. The van der Waals surface area contributed by atoms with Crippen LogP contribution in [0.3, 0.4) is 0 Å². The van der Waals surface area contributed by atoms with Crippen LogP contribution in [-0.2, 0) is 28.9 Å². The van der Waals surface area contributed by atoms with E-state index in [2.05, 4.69) is 27.6 Å². The molecule has 8 heteroatoms. The van der Waals surface area contributed by atoms with Crippen molar-refractivity contribution in [2.45, 2.75) is 25.8 Å². The van der Waals surface area contributed by atoms with Crippen LogP contribution in [0, 0.1) is 0 Å². The molecule has 1 unspecified atom stereocenters. The number of rotatable bonds is 9. The van der Waals surface area contributed by atoms with Crippen LogP contribution < -0.4 is 10.2 Å². The second-order valence-corrected chi connectivity index (χ2v) is 8.16. The van der Waals surface area contributed by atoms with Gasteiger partial charge in [-0.15, -0.1) is 21.5 Å². The Morgan fingerprint density at radius 1 is 1.28 bits per heavy atom. The van der Waals surface area contributed by atoms with Crippen LogP contribution in [-0.4, -0.2) is 42.9 Å². The molecule has 0 bridgehead atoms. The molecule has 1 aliphatic carbocycles. The van der Waals surface area contributed by atoms with E-state index in [0.29, 0.717) is 38.0 Å². The molecule has 29 heavy (non-hydrogen) atoms. The summed E-state index contributed by atoms with van der Waals surface area (Å²) in [6.07, 6.45) is 3.42. The monoisotopic (exact) mass is 413 g/mol. The number of hydrogen-bond acceptors (Lipinski definition) is 6. The topological polar surface area (TPSA) is 81.7 Å². The number of nitrogens with one attached hydrogen (secondary N) is 2. The van der Waals surface area contributed by atoms with Crippen molar-refractivity contribution in [3.8, 4) is 10.8 Å². The van der Waals surface area contributed by atoms with Gasteiger partial charge in [-0.25, -0.2) is 0 Å². The van der Waals surface area contributed by atoms with Gasteiger partial charge in [0.05, 0.1) is 11.5 Å². The van der Waals surface area contributed by atoms with Crippen molar-refractivity contribution in [3.63, 3.8) is 0 Å². The molecule has 7 nitrogen and oxygen atoms in total. The number of thiophene rings is 1. The van der Waals surface area contributed by atoms with E-state index in [1.807, 2.05) is 23.6 Å². The SMILES string of the molecule is COCC[NH+](CC(=O)Nc1ccc2c(c1)CCC2)Cc1nnc(-c2cccs2)o1. The third-order valence-electron chi connectivity index (χ3n) is 5.05. The van der Waals surface area contributed by atoms with Crippen LogP contribution in [0.2, 0.25) is 0 Å². The molecule has 0 fully saturated rings. The number of anilines is 1. The number of methoxy groups -OCH3 is 1. The van der Waals surface area contributed by atoms with E-state index in [1.165, 1.54) is 17.5 Å². The van der Waals surface area contributed by atoms with Gasteiger partial charge in [-0.05, 0) is 54.0 Å². The molecule has 1 atom stereocenters. The quantitative estimate of drug-likeness (QED) is 0.560. The van der Waals surface area contributed by atoms with Crippen LogP contribution in [0.4, 0.5) is 5.69 Å². The highest BCUT2D eigenvalue weighted by Crippen LogP contribution is 2.25. The molecule has 0 aliphatic heterocycles. The summed E-state index contributed by atoms with van der Waals surface area (Å²) >= 11 is 1.56. The molecule has 152 valence electrons. The minimum absolute atomic E-state index is 0.0351. The first-order valence-electron chi connectivity index (χ1n) is 9.81. The number of amides is 1. The van der Waals surface area contributed by atoms with E-state index < -0.39 is 0 Å². The molecule has 1 amide bonds. The Bertz CT molecular complexity index is 955. The van der Waals surface area contributed by atoms with Gasteiger partial charge in [0.25, 0.3) is 17.7 Å². The summed E-state index contributed by atoms with van der Waals surface area (Å²) in [6.45, 7) is 1.99. The van der Waals surface area contributed by atoms with Crippen LogP contribution in [0.1, 0.15) is 23.4 Å². The lowest BCUT2D eigenvalue weighted by molar-refractivity contribution is -0.907. The zero-order chi connectivity index (χ0) is 20.1. The summed E-state index contributed by atoms with van der Waals surface area (Å²) < 4.78 is 11.0. The average Bonchev–Trinajstić information content (AvgIpc) is 3.46. The molecule has 4 rings (SSSR count). The van der Waals surface area contributed by atoms with Crippen molar-refractivity contribution >= 4 is 22.9 Å². The fourth-order valence-corrected chi connectivity index (χ4v) is 4.25. The summed E-state index contributed by atoms with van der Waals surface area (Å²) in [4.78, 5) is 14.6. The molecule has 2 N–H and O–H groups in total. The highest BCUT2D eigenvalue weighted by atomic mass is 32.1. The normalized spacial score (nSPS) is 14.0. The highest BCUT2D eigenvalue weighted by molar-refractivity contribution is 7.13. The van der Waals surface area contributed by atoms with Crippen LogP contribution in [0.15, 0.2) is 40.1 Å². The first-order chi connectivity index (χ1) is 14.2. The van der Waals surface area contributed by atoms with E-state index in [0.717, 1.165) is 28.3 Å². The second kappa shape index (κ2) is 9.30. The lowest BCUT2D eigenvalue weighted by Crippen LogP contribution is -3.12. The maximum Gasteiger partial charge on any atom is 0.279 e. The number of carbonyl (C=O) groups is 1. The highest BCUT2D eigenvalue weighted by Gasteiger charge is 2.20. The van der Waals surface area contributed by atoms with Crippen molar-refractivity contribution in [2.75, 3.05) is 32.1 Å². The first kappa shape index (κ1) is 19.8. The second-order valence-electron chi connectivity index (χ2n) is 7.21. The molecular weight excluding hydrogens is 388 g/mol. The van der Waals surface area contributed by atoms with Gasteiger partial charge in [-0.1, -0.05) is 12.1 Å². The smallest absolute Gasteiger partial charge is 0.279 e. The predicted molar refractivity (Wildman–Crippen MR) is 111 cm³/mol. The molecule has 0 saturated carbocycles. The summed E-state index contributed by atoms with van der Waals surface area (Å²) in [5.74, 6) is 1.00. The van der Waals surface area contributed by atoms with Crippen molar-refractivity contribution < 1.29 is 18.8 Å². The van der Waals surface area contributed by atoms with E-state index in [1.54, 1.807) is 18.4 Å². The van der Waals surface area contributed by atoms with E-state index in [9.17, 15) is 4.79 Å². The van der Waals surface area contributed by atoms with Gasteiger partial charge in [0.1, 0.15) is 6.54 Å². The first-order valence-corrected chi connectivity index (χ1v) is 10.7. The number of aryl methyl sites for hydroxylation is 2. The number of fused-ring (bicyclic) bond motifs is 1. The van der Waals surface area contributed by atoms with Crippen LogP contribution in [0.25, 0.3) is 10.8 Å². The number of aromatic nitrogens is 2. The molecule has 2 aromatic heterocycles. The number of carbonyl (C=O) groups excluding carboxylic acids is 1. The Morgan fingerprint density at radius 2 is 2.17 bits per heavy atom. The molecule has 0 radical (unpaired) electrons. The van der Waals surface area contributed by atoms with Gasteiger partial charge in [-0.3, -0.25) is 4.79 Å². The lowest BCUT2D eigenvalue weighted by Gasteiger charge is -2.17. The fourth-order valence-electron chi connectivity index (χ4n) is 3.61. The zero-order valence-electron chi connectivity index (χ0n) is 16.4. The van der Waals surface area contributed by atoms with E-state index in [-0.39, 0.29) is 5.91 Å². The minimum Gasteiger partial charge on any atom is -0.414 e. The Kier molecular flexibility index (Phi) is 6.33. The van der Waals surface area contributed by atoms with Gasteiger partial charge >= 0.3 is 0 Å². The average molecular weight is 414 g/mol. The molecule has 0 saturated heterocycles. The molecule has 0 spiro atoms. The Morgan fingerprint density at radius 3 is 3.00 bits per heavy atom. The van der Waals surface area contributed by atoms with E-state index in [4.69, 9.17) is 9.15 Å². The van der Waals surface area contributed by atoms with Gasteiger partial charge < -0.3 is 19.4 Å². The number of hydrogen-bond donors (Lipinski definition) is 2. The van der Waals surface area contributed by atoms with Crippen molar-refractivity contribution in [2.24, 2.45) is 0 Å². The van der Waals surface area contributed by atoms with Crippen molar-refractivity contribution in [3.05, 3.63) is 52.7 Å². The number of nitrogens with zero attached hydrogens (tertiary/aromatic N) is 2. The maximum absolute atomic E-state index is 12.6. The number of ether oxygens (including phenoxy) is 1. The Labute approximate surface area is 173 Å². The van der Waals surface area contributed by atoms with Crippen molar-refractivity contribution in [1.29, 1.82) is 0 Å². The summed E-state index contributed by atoms with van der Waals surface area (Å²) in [6, 6.07) is 10.1. The largest absolute Gasteiger partial charge is 0.414 e. The molecule has 2 heterocycles.